The van der Waals surface area contributed by atoms with Crippen LogP contribution in [0.25, 0.3) is 44.1 Å². The topological polar surface area (TPSA) is 15.8 Å². The highest BCUT2D eigenvalue weighted by Gasteiger charge is 2.47. The van der Waals surface area contributed by atoms with Crippen molar-refractivity contribution in [2.24, 2.45) is 0 Å². The Balaban J connectivity index is 0.000000134. The third kappa shape index (κ3) is 10.4. The van der Waals surface area contributed by atoms with E-state index in [1.165, 1.54) is 105 Å². The summed E-state index contributed by atoms with van der Waals surface area (Å²) in [6, 6.07) is 69.8. The number of hydrogen-bond acceptors (Lipinski definition) is 0. The minimum atomic E-state index is -0.366. The van der Waals surface area contributed by atoms with E-state index in [0.717, 1.165) is 29.6 Å². The first-order valence-corrected chi connectivity index (χ1v) is 28.5. The molecule has 0 aliphatic heterocycles. The molecule has 0 bridgehead atoms. The van der Waals surface area contributed by atoms with Crippen LogP contribution in [0.5, 0.6) is 0 Å². The lowest BCUT2D eigenvalue weighted by Crippen LogP contribution is -2.31. The molecule has 4 aliphatic carbocycles. The molecule has 1 heteroatoms. The van der Waals surface area contributed by atoms with Gasteiger partial charge < -0.3 is 4.98 Å². The van der Waals surface area contributed by atoms with Crippen LogP contribution < -0.4 is 0 Å². The number of hydrogen-bond donors (Lipinski definition) is 1. The van der Waals surface area contributed by atoms with E-state index in [0.29, 0.717) is 0 Å². The zero-order valence-corrected chi connectivity index (χ0v) is 47.7. The Kier molecular flexibility index (Phi) is 16.7. The van der Waals surface area contributed by atoms with Crippen molar-refractivity contribution in [2.45, 2.75) is 65.2 Å². The molecule has 0 radical (unpaired) electrons. The van der Waals surface area contributed by atoms with Gasteiger partial charge in [-0.15, -0.1) is 11.5 Å². The molecule has 4 aliphatic rings. The number of H-pyrrole nitrogens is 1. The Hall–Kier alpha value is -9.48. The van der Waals surface area contributed by atoms with Gasteiger partial charge in [-0.3, -0.25) is 0 Å². The average molecular weight is 1050 g/mol. The van der Waals surface area contributed by atoms with Crippen molar-refractivity contribution < 1.29 is 0 Å². The van der Waals surface area contributed by atoms with E-state index < -0.39 is 0 Å². The summed E-state index contributed by atoms with van der Waals surface area (Å²) >= 11 is 0. The van der Waals surface area contributed by atoms with Crippen LogP contribution in [0, 0.1) is 20.8 Å². The van der Waals surface area contributed by atoms with Gasteiger partial charge in [-0.2, -0.15) is 0 Å². The Bertz CT molecular complexity index is 4120. The van der Waals surface area contributed by atoms with E-state index >= 15 is 0 Å². The summed E-state index contributed by atoms with van der Waals surface area (Å²) in [5.41, 5.74) is 32.0. The number of nitrogens with one attached hydrogen (secondary N) is 1. The Morgan fingerprint density at radius 2 is 1.22 bits per heavy atom. The van der Waals surface area contributed by atoms with E-state index in [4.69, 9.17) is 0 Å². The van der Waals surface area contributed by atoms with E-state index in [-0.39, 0.29) is 10.8 Å². The minimum absolute atomic E-state index is 0.264. The molecule has 1 N–H and O–H groups in total. The second-order valence-electron chi connectivity index (χ2n) is 20.8. The third-order valence-electron chi connectivity index (χ3n) is 16.1. The molecule has 1 aromatic heterocycles. The molecule has 1 nitrogen and oxygen atoms in total. The van der Waals surface area contributed by atoms with Crippen LogP contribution in [0.15, 0.2) is 314 Å². The number of rotatable bonds is 11. The summed E-state index contributed by atoms with van der Waals surface area (Å²) in [5, 5.41) is 2.54. The van der Waals surface area contributed by atoms with Crippen molar-refractivity contribution in [3.8, 4) is 11.1 Å². The standard InChI is InChI=1S/C27H26.C26H20.C25H19N.C2H6/c1-4-6-7-13-21-27(24-17-9-8-10-18-24,25-19-12-11-15-22(25)3)26-20-14-16-23(26)5-2;1-19-11-10-17-23-22-16-8-9-18-24(22)26(25(19)23,20-12-4-2-5-13-20)21-14-6-3-7-15-21;1-16-7-3-4-8-20(16)22-15-19(13-17(22)2)18-11-12-25-23(14-18)21-9-5-6-10-24(21)26-25;1-2/h4-9,11-17,19,21H,1-2,10,18H2,3H3;2-18H,1H3;3-12,14-15,26H,1-2H3;1-2H3/b7-6-,21-13?;;;. The first kappa shape index (κ1) is 54.9. The highest BCUT2D eigenvalue weighted by Crippen LogP contribution is 2.57. The molecule has 0 saturated carbocycles. The van der Waals surface area contributed by atoms with Gasteiger partial charge in [0, 0.05) is 33.0 Å². The molecule has 9 aromatic rings. The normalized spacial score (nSPS) is 15.1. The first-order chi connectivity index (χ1) is 39.8. The van der Waals surface area contributed by atoms with Crippen LogP contribution >= 0.6 is 0 Å². The number of para-hydroxylation sites is 1. The fourth-order valence-electron chi connectivity index (χ4n) is 12.5. The predicted octanol–water partition coefficient (Wildman–Crippen LogP) is 21.1. The van der Waals surface area contributed by atoms with Crippen LogP contribution in [0.2, 0.25) is 0 Å². The van der Waals surface area contributed by atoms with Crippen molar-refractivity contribution in [1.29, 1.82) is 0 Å². The fourth-order valence-corrected chi connectivity index (χ4v) is 12.5. The lowest BCUT2D eigenvalue weighted by Gasteiger charge is -2.38. The molecule has 1 heterocycles. The molecule has 0 amide bonds. The summed E-state index contributed by atoms with van der Waals surface area (Å²) in [7, 11) is 0. The van der Waals surface area contributed by atoms with Crippen molar-refractivity contribution >= 4 is 33.0 Å². The number of aryl methyl sites for hydroxylation is 3. The number of allylic oxidation sites excluding steroid dienone is 16. The van der Waals surface area contributed by atoms with Gasteiger partial charge in [0.25, 0.3) is 0 Å². The van der Waals surface area contributed by atoms with Gasteiger partial charge in [0.2, 0.25) is 0 Å². The summed E-state index contributed by atoms with van der Waals surface area (Å²) in [5.74, 6) is 0. The zero-order valence-electron chi connectivity index (χ0n) is 47.7. The smallest absolute Gasteiger partial charge is 0.0716 e. The van der Waals surface area contributed by atoms with Gasteiger partial charge in [-0.1, -0.05) is 263 Å². The van der Waals surface area contributed by atoms with Gasteiger partial charge in [0.15, 0.2) is 0 Å². The Morgan fingerprint density at radius 3 is 1.93 bits per heavy atom. The van der Waals surface area contributed by atoms with Crippen LogP contribution in [0.1, 0.15) is 89.2 Å². The summed E-state index contributed by atoms with van der Waals surface area (Å²) < 4.78 is 0. The van der Waals surface area contributed by atoms with Crippen LogP contribution in [0.4, 0.5) is 0 Å². The zero-order chi connectivity index (χ0) is 56.3. The molecule has 0 spiro atoms. The van der Waals surface area contributed by atoms with Crippen molar-refractivity contribution in [3.63, 3.8) is 0 Å². The maximum Gasteiger partial charge on any atom is 0.0716 e. The first-order valence-electron chi connectivity index (χ1n) is 28.5. The fraction of sp³-hybridized carbons (Fsp3) is 0.125. The molecular weight excluding hydrogens is 975 g/mol. The predicted molar refractivity (Wildman–Crippen MR) is 349 cm³/mol. The molecule has 8 aromatic carbocycles. The summed E-state index contributed by atoms with van der Waals surface area (Å²) in [6.45, 7) is 20.6. The maximum atomic E-state index is 4.04. The number of aromatic nitrogens is 1. The number of fused-ring (bicyclic) bond motifs is 6. The average Bonchev–Trinajstić information content (AvgIpc) is 4.53. The number of benzene rings is 8. The number of aromatic amines is 1. The van der Waals surface area contributed by atoms with Crippen LogP contribution in [-0.2, 0) is 10.8 Å². The molecule has 0 saturated heterocycles. The SMILES string of the molecule is C=C/C=C\C=CC(C1=C=CC=C1C=C)(C1=CC=CCC1)c1ccccc1C.CC.CC1=C=C(c2ccc3[nH]c4ccccc4c3c2)C=C1c1ccccc1C.Cc1cccc2c1C(c1ccccc1)(c1ccccc1)c1ccccc1-2. The van der Waals surface area contributed by atoms with Crippen LogP contribution in [0.3, 0.4) is 0 Å². The van der Waals surface area contributed by atoms with E-state index in [9.17, 15) is 0 Å². The van der Waals surface area contributed by atoms with E-state index in [2.05, 4.69) is 294 Å². The molecule has 81 heavy (non-hydrogen) atoms. The lowest BCUT2D eigenvalue weighted by molar-refractivity contribution is 0.692. The molecule has 13 rings (SSSR count). The second kappa shape index (κ2) is 24.7. The largest absolute Gasteiger partial charge is 0.355 e. The van der Waals surface area contributed by atoms with Gasteiger partial charge in [0.05, 0.1) is 10.8 Å². The van der Waals surface area contributed by atoms with Crippen LogP contribution in [-0.4, -0.2) is 4.98 Å². The van der Waals surface area contributed by atoms with Gasteiger partial charge in [0.1, 0.15) is 0 Å². The van der Waals surface area contributed by atoms with Crippen molar-refractivity contribution in [1.82, 2.24) is 4.98 Å². The van der Waals surface area contributed by atoms with E-state index in [1.807, 2.05) is 38.2 Å². The molecule has 396 valence electrons. The summed E-state index contributed by atoms with van der Waals surface area (Å²) in [4.78, 5) is 3.50. The molecular formula is C80H71N. The minimum Gasteiger partial charge on any atom is -0.355 e. The van der Waals surface area contributed by atoms with Crippen molar-refractivity contribution in [2.75, 3.05) is 0 Å². The van der Waals surface area contributed by atoms with Crippen molar-refractivity contribution in [3.05, 3.63) is 370 Å². The van der Waals surface area contributed by atoms with Gasteiger partial charge >= 0.3 is 0 Å². The van der Waals surface area contributed by atoms with E-state index in [1.54, 1.807) is 6.08 Å². The quantitative estimate of drug-likeness (QED) is 0.0982. The maximum absolute atomic E-state index is 4.04. The molecule has 1 atom stereocenters. The lowest BCUT2D eigenvalue weighted by atomic mass is 9.64. The highest BCUT2D eigenvalue weighted by atomic mass is 14.7. The second-order valence-corrected chi connectivity index (χ2v) is 20.8. The molecule has 0 fully saturated rings. The van der Waals surface area contributed by atoms with Gasteiger partial charge in [-0.05, 0) is 160 Å². The molecule has 1 unspecified atom stereocenters. The highest BCUT2D eigenvalue weighted by molar-refractivity contribution is 6.09. The Morgan fingerprint density at radius 1 is 0.580 bits per heavy atom. The monoisotopic (exact) mass is 1050 g/mol. The third-order valence-corrected chi connectivity index (χ3v) is 16.1. The van der Waals surface area contributed by atoms with Gasteiger partial charge in [-0.25, -0.2) is 0 Å². The Labute approximate surface area is 481 Å². The summed E-state index contributed by atoms with van der Waals surface area (Å²) in [6.07, 6.45) is 27.3.